The fraction of sp³-hybridized carbons (Fsp3) is 0.692. The summed E-state index contributed by atoms with van der Waals surface area (Å²) in [7, 11) is 1.80. The molecule has 0 aromatic carbocycles. The maximum Gasteiger partial charge on any atom is 0.411 e. The summed E-state index contributed by atoms with van der Waals surface area (Å²) in [4.78, 5) is 15.4. The van der Waals surface area contributed by atoms with Gasteiger partial charge in [-0.25, -0.2) is 4.98 Å². The van der Waals surface area contributed by atoms with Crippen molar-refractivity contribution in [2.75, 3.05) is 13.2 Å². The second-order valence-electron chi connectivity index (χ2n) is 5.18. The van der Waals surface area contributed by atoms with E-state index in [-0.39, 0.29) is 13.0 Å². The number of ether oxygens (including phenoxy) is 1. The van der Waals surface area contributed by atoms with Crippen LogP contribution in [0, 0.1) is 5.92 Å². The molecule has 0 saturated heterocycles. The first-order valence-electron chi connectivity index (χ1n) is 6.68. The molecule has 1 unspecified atom stereocenters. The van der Waals surface area contributed by atoms with E-state index in [4.69, 9.17) is 5.11 Å². The van der Waals surface area contributed by atoms with E-state index in [0.29, 0.717) is 25.1 Å². The number of halogens is 3. The first kappa shape index (κ1) is 15.8. The second-order valence-corrected chi connectivity index (χ2v) is 5.18. The van der Waals surface area contributed by atoms with Crippen molar-refractivity contribution in [1.82, 2.24) is 9.55 Å². The van der Waals surface area contributed by atoms with Gasteiger partial charge < -0.3 is 14.4 Å². The number of hydrogen-bond donors (Lipinski definition) is 1. The minimum Gasteiger partial charge on any atom is -0.481 e. The Morgan fingerprint density at radius 1 is 1.52 bits per heavy atom. The van der Waals surface area contributed by atoms with Crippen LogP contribution >= 0.6 is 0 Å². The van der Waals surface area contributed by atoms with Gasteiger partial charge in [0.05, 0.1) is 18.2 Å². The van der Waals surface area contributed by atoms with Gasteiger partial charge in [-0.3, -0.25) is 4.79 Å². The molecule has 0 saturated carbocycles. The van der Waals surface area contributed by atoms with Gasteiger partial charge in [0.25, 0.3) is 0 Å². The highest BCUT2D eigenvalue weighted by molar-refractivity contribution is 5.70. The number of carbonyl (C=O) groups is 1. The van der Waals surface area contributed by atoms with Crippen LogP contribution < -0.4 is 0 Å². The molecule has 0 amide bonds. The third-order valence-electron chi connectivity index (χ3n) is 3.64. The van der Waals surface area contributed by atoms with Crippen molar-refractivity contribution in [3.8, 4) is 0 Å². The van der Waals surface area contributed by atoms with Gasteiger partial charge in [-0.2, -0.15) is 13.2 Å². The van der Waals surface area contributed by atoms with E-state index < -0.39 is 24.7 Å². The monoisotopic (exact) mass is 306 g/mol. The fourth-order valence-corrected chi connectivity index (χ4v) is 2.55. The Labute approximate surface area is 119 Å². The molecule has 0 fully saturated rings. The molecule has 1 aromatic rings. The molecule has 2 rings (SSSR count). The van der Waals surface area contributed by atoms with Gasteiger partial charge in [0, 0.05) is 25.6 Å². The molecule has 1 aromatic heterocycles. The van der Waals surface area contributed by atoms with Crippen LogP contribution in [0.15, 0.2) is 0 Å². The van der Waals surface area contributed by atoms with Crippen molar-refractivity contribution in [3.63, 3.8) is 0 Å². The number of rotatable bonds is 5. The maximum atomic E-state index is 12.0. The summed E-state index contributed by atoms with van der Waals surface area (Å²) in [5.41, 5.74) is 1.71. The number of hydrogen-bond acceptors (Lipinski definition) is 3. The standard InChI is InChI=1S/C13H17F3N2O3/c1-18-10-3-2-8(12(19)20)6-9(10)17-11(18)4-5-21-7-13(14,15)16/h8H,2-7H2,1H3,(H,19,20). The lowest BCUT2D eigenvalue weighted by molar-refractivity contribution is -0.173. The van der Waals surface area contributed by atoms with Gasteiger partial charge in [-0.1, -0.05) is 0 Å². The lowest BCUT2D eigenvalue weighted by Crippen LogP contribution is -2.22. The Kier molecular flexibility index (Phi) is 4.55. The molecular formula is C13H17F3N2O3. The zero-order chi connectivity index (χ0) is 15.6. The van der Waals surface area contributed by atoms with E-state index >= 15 is 0 Å². The van der Waals surface area contributed by atoms with Gasteiger partial charge in [-0.05, 0) is 12.8 Å². The summed E-state index contributed by atoms with van der Waals surface area (Å²) >= 11 is 0. The van der Waals surface area contributed by atoms with Crippen LogP contribution in [0.5, 0.6) is 0 Å². The number of carboxylic acids is 1. The van der Waals surface area contributed by atoms with Crippen LogP contribution in [0.1, 0.15) is 23.6 Å². The van der Waals surface area contributed by atoms with Crippen molar-refractivity contribution in [1.29, 1.82) is 0 Å². The molecule has 5 nitrogen and oxygen atoms in total. The Morgan fingerprint density at radius 2 is 2.24 bits per heavy atom. The van der Waals surface area contributed by atoms with E-state index in [0.717, 1.165) is 11.4 Å². The second kappa shape index (κ2) is 6.05. The Balaban J connectivity index is 1.95. The van der Waals surface area contributed by atoms with Crippen molar-refractivity contribution in [3.05, 3.63) is 17.2 Å². The number of aromatic nitrogens is 2. The predicted molar refractivity (Wildman–Crippen MR) is 66.9 cm³/mol. The Bertz CT molecular complexity index is 525. The maximum absolute atomic E-state index is 12.0. The average molecular weight is 306 g/mol. The zero-order valence-corrected chi connectivity index (χ0v) is 11.6. The van der Waals surface area contributed by atoms with E-state index in [1.165, 1.54) is 0 Å². The number of alkyl halides is 3. The number of fused-ring (bicyclic) bond motifs is 1. The smallest absolute Gasteiger partial charge is 0.411 e. The number of aliphatic carboxylic acids is 1. The van der Waals surface area contributed by atoms with E-state index in [9.17, 15) is 18.0 Å². The van der Waals surface area contributed by atoms with Crippen LogP contribution in [0.3, 0.4) is 0 Å². The van der Waals surface area contributed by atoms with Crippen LogP contribution in [0.4, 0.5) is 13.2 Å². The number of nitrogens with zero attached hydrogens (tertiary/aromatic N) is 2. The first-order chi connectivity index (χ1) is 9.78. The molecule has 1 aliphatic carbocycles. The lowest BCUT2D eigenvalue weighted by atomic mass is 9.90. The van der Waals surface area contributed by atoms with E-state index in [1.54, 1.807) is 7.05 Å². The van der Waals surface area contributed by atoms with Crippen LogP contribution in [0.2, 0.25) is 0 Å². The third-order valence-corrected chi connectivity index (χ3v) is 3.64. The van der Waals surface area contributed by atoms with Gasteiger partial charge in [-0.15, -0.1) is 0 Å². The zero-order valence-electron chi connectivity index (χ0n) is 11.6. The van der Waals surface area contributed by atoms with Gasteiger partial charge in [0.1, 0.15) is 12.4 Å². The first-order valence-corrected chi connectivity index (χ1v) is 6.68. The molecule has 21 heavy (non-hydrogen) atoms. The van der Waals surface area contributed by atoms with Crippen molar-refractivity contribution in [2.45, 2.75) is 31.9 Å². The normalized spacial score (nSPS) is 18.6. The molecule has 1 heterocycles. The summed E-state index contributed by atoms with van der Waals surface area (Å²) < 4.78 is 42.3. The lowest BCUT2D eigenvalue weighted by Gasteiger charge is -2.18. The third kappa shape index (κ3) is 3.96. The molecular weight excluding hydrogens is 289 g/mol. The molecule has 1 aliphatic rings. The SMILES string of the molecule is Cn1c(CCOCC(F)(F)F)nc2c1CCC(C(=O)O)C2. The highest BCUT2D eigenvalue weighted by atomic mass is 19.4. The largest absolute Gasteiger partial charge is 0.481 e. The summed E-state index contributed by atoms with van der Waals surface area (Å²) in [6.45, 7) is -1.33. The molecule has 0 aliphatic heterocycles. The quantitative estimate of drug-likeness (QED) is 0.842. The molecule has 1 N–H and O–H groups in total. The van der Waals surface area contributed by atoms with Crippen molar-refractivity contribution >= 4 is 5.97 Å². The van der Waals surface area contributed by atoms with E-state index in [2.05, 4.69) is 9.72 Å². The van der Waals surface area contributed by atoms with E-state index in [1.807, 2.05) is 4.57 Å². The summed E-state index contributed by atoms with van der Waals surface area (Å²) in [6.07, 6.45) is -2.49. The Morgan fingerprint density at radius 3 is 2.86 bits per heavy atom. The molecule has 0 spiro atoms. The minimum absolute atomic E-state index is 0.0639. The number of imidazole rings is 1. The molecule has 0 radical (unpaired) electrons. The molecule has 8 heteroatoms. The molecule has 0 bridgehead atoms. The minimum atomic E-state index is -4.32. The van der Waals surface area contributed by atoms with Gasteiger partial charge >= 0.3 is 12.1 Å². The van der Waals surface area contributed by atoms with Crippen LogP contribution in [-0.2, 0) is 35.8 Å². The average Bonchev–Trinajstić information content (AvgIpc) is 2.70. The van der Waals surface area contributed by atoms with Gasteiger partial charge in [0.15, 0.2) is 0 Å². The number of carboxylic acid groups (broad SMARTS) is 1. The predicted octanol–water partition coefficient (Wildman–Crippen LogP) is 1.73. The Hall–Kier alpha value is -1.57. The fourth-order valence-electron chi connectivity index (χ4n) is 2.55. The molecule has 1 atom stereocenters. The topological polar surface area (TPSA) is 64.4 Å². The van der Waals surface area contributed by atoms with Crippen molar-refractivity contribution < 1.29 is 27.8 Å². The van der Waals surface area contributed by atoms with Crippen LogP contribution in [0.25, 0.3) is 0 Å². The van der Waals surface area contributed by atoms with Crippen molar-refractivity contribution in [2.24, 2.45) is 13.0 Å². The van der Waals surface area contributed by atoms with Gasteiger partial charge in [0.2, 0.25) is 0 Å². The summed E-state index contributed by atoms with van der Waals surface area (Å²) in [5, 5.41) is 9.03. The highest BCUT2D eigenvalue weighted by Gasteiger charge is 2.29. The molecule has 118 valence electrons. The summed E-state index contributed by atoms with van der Waals surface area (Å²) in [6, 6.07) is 0. The summed E-state index contributed by atoms with van der Waals surface area (Å²) in [5.74, 6) is -0.628. The van der Waals surface area contributed by atoms with Crippen LogP contribution in [-0.4, -0.2) is 40.0 Å². The highest BCUT2D eigenvalue weighted by Crippen LogP contribution is 2.26.